The first-order chi connectivity index (χ1) is 8.61. The van der Waals surface area contributed by atoms with Gasteiger partial charge in [-0.15, -0.1) is 0 Å². The molecule has 2 unspecified atom stereocenters. The molecular weight excluding hydrogens is 220 g/mol. The van der Waals surface area contributed by atoms with Crippen molar-refractivity contribution in [2.45, 2.75) is 78.3 Å². The minimum atomic E-state index is 0.640. The molecule has 18 heavy (non-hydrogen) atoms. The number of unbranched alkanes of at least 4 members (excludes halogenated alkanes) is 3. The van der Waals surface area contributed by atoms with Crippen LogP contribution in [0, 0.1) is 5.92 Å². The van der Waals surface area contributed by atoms with Crippen LogP contribution in [0.3, 0.4) is 0 Å². The van der Waals surface area contributed by atoms with E-state index in [0.29, 0.717) is 6.04 Å². The quantitative estimate of drug-likeness (QED) is 0.665. The van der Waals surface area contributed by atoms with Crippen LogP contribution >= 0.6 is 0 Å². The van der Waals surface area contributed by atoms with Crippen molar-refractivity contribution in [2.24, 2.45) is 5.92 Å². The van der Waals surface area contributed by atoms with E-state index >= 15 is 0 Å². The van der Waals surface area contributed by atoms with Crippen LogP contribution in [0.5, 0.6) is 0 Å². The zero-order valence-corrected chi connectivity index (χ0v) is 13.0. The van der Waals surface area contributed by atoms with Gasteiger partial charge in [0.25, 0.3) is 0 Å². The van der Waals surface area contributed by atoms with Gasteiger partial charge in [-0.05, 0) is 58.2 Å². The number of rotatable bonds is 8. The van der Waals surface area contributed by atoms with Crippen molar-refractivity contribution in [1.29, 1.82) is 0 Å². The third-order valence-corrected chi connectivity index (χ3v) is 4.43. The molecule has 2 atom stereocenters. The number of hydrogen-bond acceptors (Lipinski definition) is 2. The Hall–Kier alpha value is -0.0800. The molecule has 2 heteroatoms. The molecule has 1 rings (SSSR count). The van der Waals surface area contributed by atoms with Crippen LogP contribution in [0.4, 0.5) is 0 Å². The molecule has 0 aromatic rings. The van der Waals surface area contributed by atoms with Crippen LogP contribution < -0.4 is 5.32 Å². The van der Waals surface area contributed by atoms with Gasteiger partial charge < -0.3 is 10.2 Å². The second-order valence-corrected chi connectivity index (χ2v) is 6.42. The number of nitrogens with zero attached hydrogens (tertiary/aromatic N) is 1. The Labute approximate surface area is 115 Å². The van der Waals surface area contributed by atoms with Crippen molar-refractivity contribution in [3.63, 3.8) is 0 Å². The summed E-state index contributed by atoms with van der Waals surface area (Å²) in [6.45, 7) is 13.1. The van der Waals surface area contributed by atoms with E-state index in [9.17, 15) is 0 Å². The molecule has 1 fully saturated rings. The number of nitrogens with one attached hydrogen (secondary N) is 1. The molecule has 1 aliphatic heterocycles. The van der Waals surface area contributed by atoms with E-state index in [4.69, 9.17) is 0 Å². The van der Waals surface area contributed by atoms with Crippen molar-refractivity contribution in [2.75, 3.05) is 19.6 Å². The maximum Gasteiger partial charge on any atom is 0.00925 e. The highest BCUT2D eigenvalue weighted by Gasteiger charge is 2.23. The molecule has 0 amide bonds. The Morgan fingerprint density at radius 3 is 2.56 bits per heavy atom. The normalized spacial score (nSPS) is 25.8. The Morgan fingerprint density at radius 1 is 1.11 bits per heavy atom. The molecule has 0 saturated carbocycles. The standard InChI is InChI=1S/C16H34N2/c1-14(2)17-11-7-5-6-8-12-18-13-9-10-15(3)16(18)4/h14-17H,5-13H2,1-4H3. The fourth-order valence-corrected chi connectivity index (χ4v) is 2.92. The summed E-state index contributed by atoms with van der Waals surface area (Å²) in [4.78, 5) is 2.71. The molecule has 0 radical (unpaired) electrons. The van der Waals surface area contributed by atoms with Gasteiger partial charge in [0.15, 0.2) is 0 Å². The van der Waals surface area contributed by atoms with Crippen LogP contribution in [-0.2, 0) is 0 Å². The first kappa shape index (κ1) is 16.0. The van der Waals surface area contributed by atoms with E-state index in [2.05, 4.69) is 37.9 Å². The van der Waals surface area contributed by atoms with Crippen molar-refractivity contribution < 1.29 is 0 Å². The molecule has 2 nitrogen and oxygen atoms in total. The minimum Gasteiger partial charge on any atom is -0.315 e. The first-order valence-corrected chi connectivity index (χ1v) is 8.08. The van der Waals surface area contributed by atoms with Crippen LogP contribution in [0.15, 0.2) is 0 Å². The Bertz CT molecular complexity index is 203. The smallest absolute Gasteiger partial charge is 0.00925 e. The second-order valence-electron chi connectivity index (χ2n) is 6.42. The summed E-state index contributed by atoms with van der Waals surface area (Å²) in [5.74, 6) is 0.897. The fourth-order valence-electron chi connectivity index (χ4n) is 2.92. The lowest BCUT2D eigenvalue weighted by Crippen LogP contribution is -2.42. The van der Waals surface area contributed by atoms with Crippen molar-refractivity contribution in [3.05, 3.63) is 0 Å². The molecule has 1 heterocycles. The van der Waals surface area contributed by atoms with Gasteiger partial charge in [-0.25, -0.2) is 0 Å². The highest BCUT2D eigenvalue weighted by Crippen LogP contribution is 2.23. The zero-order chi connectivity index (χ0) is 13.4. The Morgan fingerprint density at radius 2 is 1.83 bits per heavy atom. The van der Waals surface area contributed by atoms with Crippen LogP contribution in [0.2, 0.25) is 0 Å². The summed E-state index contributed by atoms with van der Waals surface area (Å²) in [6.07, 6.45) is 8.35. The van der Waals surface area contributed by atoms with Gasteiger partial charge in [0, 0.05) is 12.1 Å². The lowest BCUT2D eigenvalue weighted by Gasteiger charge is -2.38. The van der Waals surface area contributed by atoms with Gasteiger partial charge in [-0.2, -0.15) is 0 Å². The molecule has 1 aliphatic rings. The van der Waals surface area contributed by atoms with E-state index in [1.54, 1.807) is 0 Å². The predicted molar refractivity (Wildman–Crippen MR) is 81.0 cm³/mol. The molecular formula is C16H34N2. The van der Waals surface area contributed by atoms with Gasteiger partial charge >= 0.3 is 0 Å². The third-order valence-electron chi connectivity index (χ3n) is 4.43. The molecule has 0 aromatic carbocycles. The fraction of sp³-hybridized carbons (Fsp3) is 1.00. The third kappa shape index (κ3) is 6.19. The lowest BCUT2D eigenvalue weighted by atomic mass is 9.92. The van der Waals surface area contributed by atoms with Crippen molar-refractivity contribution in [3.8, 4) is 0 Å². The van der Waals surface area contributed by atoms with E-state index in [1.165, 1.54) is 58.2 Å². The number of likely N-dealkylation sites (tertiary alicyclic amines) is 1. The summed E-state index contributed by atoms with van der Waals surface area (Å²) >= 11 is 0. The molecule has 108 valence electrons. The van der Waals surface area contributed by atoms with Crippen LogP contribution in [-0.4, -0.2) is 36.6 Å². The topological polar surface area (TPSA) is 15.3 Å². The van der Waals surface area contributed by atoms with E-state index in [0.717, 1.165) is 12.0 Å². The molecule has 1 saturated heterocycles. The van der Waals surface area contributed by atoms with Crippen molar-refractivity contribution in [1.82, 2.24) is 10.2 Å². The summed E-state index contributed by atoms with van der Waals surface area (Å²) in [6, 6.07) is 1.45. The van der Waals surface area contributed by atoms with Gasteiger partial charge in [0.05, 0.1) is 0 Å². The minimum absolute atomic E-state index is 0.640. The molecule has 0 aromatic heterocycles. The zero-order valence-electron chi connectivity index (χ0n) is 13.0. The maximum absolute atomic E-state index is 3.49. The summed E-state index contributed by atoms with van der Waals surface area (Å²) in [5.41, 5.74) is 0. The predicted octanol–water partition coefficient (Wildman–Crippen LogP) is 3.67. The average Bonchev–Trinajstić information content (AvgIpc) is 2.32. The van der Waals surface area contributed by atoms with Crippen LogP contribution in [0.25, 0.3) is 0 Å². The molecule has 1 N–H and O–H groups in total. The molecule has 0 aliphatic carbocycles. The lowest BCUT2D eigenvalue weighted by molar-refractivity contribution is 0.112. The molecule has 0 bridgehead atoms. The highest BCUT2D eigenvalue weighted by atomic mass is 15.2. The highest BCUT2D eigenvalue weighted by molar-refractivity contribution is 4.78. The van der Waals surface area contributed by atoms with Crippen LogP contribution in [0.1, 0.15) is 66.2 Å². The Balaban J connectivity index is 1.97. The van der Waals surface area contributed by atoms with E-state index < -0.39 is 0 Å². The molecule has 0 spiro atoms. The summed E-state index contributed by atoms with van der Waals surface area (Å²) in [5, 5.41) is 3.49. The van der Waals surface area contributed by atoms with Gasteiger partial charge in [-0.1, -0.05) is 33.6 Å². The van der Waals surface area contributed by atoms with Gasteiger partial charge in [0.2, 0.25) is 0 Å². The second kappa shape index (κ2) is 8.92. The maximum atomic E-state index is 3.49. The monoisotopic (exact) mass is 254 g/mol. The largest absolute Gasteiger partial charge is 0.315 e. The number of piperidine rings is 1. The van der Waals surface area contributed by atoms with Crippen molar-refractivity contribution >= 4 is 0 Å². The van der Waals surface area contributed by atoms with E-state index in [-0.39, 0.29) is 0 Å². The summed E-state index contributed by atoms with van der Waals surface area (Å²) < 4.78 is 0. The first-order valence-electron chi connectivity index (χ1n) is 8.08. The van der Waals surface area contributed by atoms with Gasteiger partial charge in [0.1, 0.15) is 0 Å². The average molecular weight is 254 g/mol. The summed E-state index contributed by atoms with van der Waals surface area (Å²) in [7, 11) is 0. The number of hydrogen-bond donors (Lipinski definition) is 1. The SMILES string of the molecule is CC(C)NCCCCCCN1CCCC(C)C1C. The Kier molecular flexibility index (Phi) is 7.92. The van der Waals surface area contributed by atoms with E-state index in [1.807, 2.05) is 0 Å². The van der Waals surface area contributed by atoms with Gasteiger partial charge in [-0.3, -0.25) is 0 Å².